The average molecular weight is 369 g/mol. The zero-order valence-corrected chi connectivity index (χ0v) is 16.5. The molecule has 1 unspecified atom stereocenters. The number of pyridine rings is 1. The Kier molecular flexibility index (Phi) is 4.40. The Morgan fingerprint density at radius 3 is 2.59 bits per heavy atom. The zero-order chi connectivity index (χ0) is 19.3. The number of hydrogen-bond donors (Lipinski definition) is 0. The van der Waals surface area contributed by atoms with Crippen LogP contribution in [0.1, 0.15) is 67.5 Å². The van der Waals surface area contributed by atoms with Crippen molar-refractivity contribution in [3.63, 3.8) is 0 Å². The van der Waals surface area contributed by atoms with Gasteiger partial charge in [0.25, 0.3) is 5.91 Å². The second-order valence-corrected chi connectivity index (χ2v) is 8.18. The van der Waals surface area contributed by atoms with Crippen LogP contribution in [0.3, 0.4) is 0 Å². The molecule has 1 saturated carbocycles. The summed E-state index contributed by atoms with van der Waals surface area (Å²) in [6.07, 6.45) is 5.55. The van der Waals surface area contributed by atoms with Gasteiger partial charge in [-0.1, -0.05) is 0 Å². The number of carbonyl (C=O) groups excluding carboxylic acids is 2. The van der Waals surface area contributed by atoms with E-state index in [1.807, 2.05) is 10.7 Å². The van der Waals surface area contributed by atoms with E-state index in [2.05, 4.69) is 18.9 Å². The van der Waals surface area contributed by atoms with Gasteiger partial charge in [0.2, 0.25) is 5.91 Å². The Morgan fingerprint density at radius 2 is 1.96 bits per heavy atom. The van der Waals surface area contributed by atoms with Crippen molar-refractivity contribution in [2.24, 2.45) is 0 Å². The summed E-state index contributed by atoms with van der Waals surface area (Å²) in [5.41, 5.74) is 2.38. The van der Waals surface area contributed by atoms with Crippen LogP contribution in [0.4, 0.5) is 0 Å². The van der Waals surface area contributed by atoms with Gasteiger partial charge in [-0.3, -0.25) is 9.59 Å². The number of fused-ring (bicyclic) bond motifs is 1. The van der Waals surface area contributed by atoms with Gasteiger partial charge >= 0.3 is 0 Å². The highest BCUT2D eigenvalue weighted by Gasteiger charge is 2.37. The van der Waals surface area contributed by atoms with Crippen molar-refractivity contribution in [3.05, 3.63) is 23.5 Å². The van der Waals surface area contributed by atoms with Gasteiger partial charge in [-0.05, 0) is 45.6 Å². The molecule has 0 N–H and O–H groups in total. The molecule has 0 radical (unpaired) electrons. The van der Waals surface area contributed by atoms with Crippen molar-refractivity contribution in [2.45, 2.75) is 57.5 Å². The highest BCUT2D eigenvalue weighted by Crippen LogP contribution is 2.40. The summed E-state index contributed by atoms with van der Waals surface area (Å²) in [6.45, 7) is 4.74. The van der Waals surface area contributed by atoms with Crippen molar-refractivity contribution in [2.75, 3.05) is 20.6 Å². The Morgan fingerprint density at radius 1 is 1.22 bits per heavy atom. The maximum Gasteiger partial charge on any atom is 0.255 e. The number of carbonyl (C=O) groups is 2. The highest BCUT2D eigenvalue weighted by molar-refractivity contribution is 6.07. The van der Waals surface area contributed by atoms with E-state index in [0.717, 1.165) is 42.4 Å². The molecule has 7 heteroatoms. The molecule has 1 saturated heterocycles. The summed E-state index contributed by atoms with van der Waals surface area (Å²) >= 11 is 0. The van der Waals surface area contributed by atoms with Gasteiger partial charge in [-0.2, -0.15) is 5.10 Å². The Bertz CT molecular complexity index is 897. The normalized spacial score (nSPS) is 19.9. The van der Waals surface area contributed by atoms with Crippen molar-refractivity contribution in [1.29, 1.82) is 0 Å². The minimum absolute atomic E-state index is 0.00792. The van der Waals surface area contributed by atoms with Crippen LogP contribution in [0, 0.1) is 0 Å². The van der Waals surface area contributed by atoms with Crippen molar-refractivity contribution < 1.29 is 9.59 Å². The van der Waals surface area contributed by atoms with Gasteiger partial charge in [0.05, 0.1) is 17.1 Å². The number of rotatable bonds is 4. The third-order valence-electron chi connectivity index (χ3n) is 5.54. The fourth-order valence-electron chi connectivity index (χ4n) is 3.90. The van der Waals surface area contributed by atoms with Gasteiger partial charge in [-0.15, -0.1) is 0 Å². The molecule has 2 fully saturated rings. The Balaban J connectivity index is 1.78. The van der Waals surface area contributed by atoms with Crippen LogP contribution >= 0.6 is 0 Å². The average Bonchev–Trinajstić information content (AvgIpc) is 3.21. The summed E-state index contributed by atoms with van der Waals surface area (Å²) < 4.78 is 1.88. The van der Waals surface area contributed by atoms with Gasteiger partial charge < -0.3 is 9.80 Å². The van der Waals surface area contributed by atoms with Gasteiger partial charge in [0, 0.05) is 38.3 Å². The molecular weight excluding hydrogens is 342 g/mol. The lowest BCUT2D eigenvalue weighted by molar-refractivity contribution is -0.132. The summed E-state index contributed by atoms with van der Waals surface area (Å²) in [4.78, 5) is 34.1. The van der Waals surface area contributed by atoms with Crippen molar-refractivity contribution in [1.82, 2.24) is 24.6 Å². The Hall–Kier alpha value is -2.44. The first-order valence-corrected chi connectivity index (χ1v) is 9.78. The SMILES string of the molecule is CC(C)n1ncc2c(C(=O)N3CCCC3C(=O)N(C)C)cc(C3CC3)nc21. The molecule has 2 amide bonds. The van der Waals surface area contributed by atoms with Crippen LogP contribution in [-0.4, -0.2) is 63.1 Å². The molecule has 0 spiro atoms. The molecule has 7 nitrogen and oxygen atoms in total. The topological polar surface area (TPSA) is 71.3 Å². The highest BCUT2D eigenvalue weighted by atomic mass is 16.2. The molecule has 0 bridgehead atoms. The number of hydrogen-bond acceptors (Lipinski definition) is 4. The third kappa shape index (κ3) is 3.09. The number of amides is 2. The van der Waals surface area contributed by atoms with E-state index in [0.29, 0.717) is 18.0 Å². The molecule has 1 aliphatic carbocycles. The van der Waals surface area contributed by atoms with Crippen LogP contribution in [0.15, 0.2) is 12.3 Å². The van der Waals surface area contributed by atoms with E-state index < -0.39 is 0 Å². The first-order chi connectivity index (χ1) is 12.9. The van der Waals surface area contributed by atoms with E-state index in [1.54, 1.807) is 30.1 Å². The van der Waals surface area contributed by atoms with Gasteiger partial charge in [0.1, 0.15) is 6.04 Å². The Labute approximate surface area is 159 Å². The van der Waals surface area contributed by atoms with Crippen LogP contribution in [0.5, 0.6) is 0 Å². The monoisotopic (exact) mass is 369 g/mol. The molecule has 1 atom stereocenters. The van der Waals surface area contributed by atoms with E-state index >= 15 is 0 Å². The second kappa shape index (κ2) is 6.62. The van der Waals surface area contributed by atoms with E-state index in [1.165, 1.54) is 0 Å². The van der Waals surface area contributed by atoms with Gasteiger partial charge in [-0.25, -0.2) is 9.67 Å². The molecule has 0 aromatic carbocycles. The number of likely N-dealkylation sites (tertiary alicyclic amines) is 1. The largest absolute Gasteiger partial charge is 0.347 e. The van der Waals surface area contributed by atoms with E-state index in [4.69, 9.17) is 4.98 Å². The fourth-order valence-corrected chi connectivity index (χ4v) is 3.90. The smallest absolute Gasteiger partial charge is 0.255 e. The summed E-state index contributed by atoms with van der Waals surface area (Å²) in [6, 6.07) is 1.73. The van der Waals surface area contributed by atoms with Crippen molar-refractivity contribution >= 4 is 22.8 Å². The van der Waals surface area contributed by atoms with Crippen LogP contribution < -0.4 is 0 Å². The second-order valence-electron chi connectivity index (χ2n) is 8.18. The molecule has 1 aliphatic heterocycles. The van der Waals surface area contributed by atoms with E-state index in [9.17, 15) is 9.59 Å². The van der Waals surface area contributed by atoms with Crippen LogP contribution in [0.2, 0.25) is 0 Å². The molecule has 144 valence electrons. The number of aromatic nitrogens is 3. The molecular formula is C20H27N5O2. The maximum absolute atomic E-state index is 13.5. The standard InChI is InChI=1S/C20H27N5O2/c1-12(2)25-18-15(11-21-25)14(10-16(22-18)13-7-8-13)19(26)24-9-5-6-17(24)20(27)23(3)4/h10-13,17H,5-9H2,1-4H3. The predicted molar refractivity (Wildman–Crippen MR) is 103 cm³/mol. The lowest BCUT2D eigenvalue weighted by atomic mass is 10.1. The molecule has 2 aromatic heterocycles. The zero-order valence-electron chi connectivity index (χ0n) is 16.5. The summed E-state index contributed by atoms with van der Waals surface area (Å²) in [5, 5.41) is 5.25. The predicted octanol–water partition coefficient (Wildman–Crippen LogP) is 2.58. The quantitative estimate of drug-likeness (QED) is 0.830. The minimum Gasteiger partial charge on any atom is -0.347 e. The number of likely N-dealkylation sites (N-methyl/N-ethyl adjacent to an activating group) is 1. The lowest BCUT2D eigenvalue weighted by Crippen LogP contribution is -2.45. The maximum atomic E-state index is 13.5. The molecule has 2 aliphatic rings. The third-order valence-corrected chi connectivity index (χ3v) is 5.54. The molecule has 2 aromatic rings. The summed E-state index contributed by atoms with van der Waals surface area (Å²) in [7, 11) is 3.48. The van der Waals surface area contributed by atoms with Crippen LogP contribution in [-0.2, 0) is 4.79 Å². The van der Waals surface area contributed by atoms with E-state index in [-0.39, 0.29) is 23.9 Å². The molecule has 27 heavy (non-hydrogen) atoms. The minimum atomic E-state index is -0.375. The van der Waals surface area contributed by atoms with Crippen LogP contribution in [0.25, 0.3) is 11.0 Å². The first kappa shape index (κ1) is 17.9. The van der Waals surface area contributed by atoms with Gasteiger partial charge in [0.15, 0.2) is 5.65 Å². The lowest BCUT2D eigenvalue weighted by Gasteiger charge is -2.26. The molecule has 3 heterocycles. The summed E-state index contributed by atoms with van der Waals surface area (Å²) in [5.74, 6) is 0.353. The first-order valence-electron chi connectivity index (χ1n) is 9.78. The van der Waals surface area contributed by atoms with Crippen molar-refractivity contribution in [3.8, 4) is 0 Å². The fraction of sp³-hybridized carbons (Fsp3) is 0.600. The molecule has 4 rings (SSSR count). The number of nitrogens with zero attached hydrogens (tertiary/aromatic N) is 5.